The van der Waals surface area contributed by atoms with Crippen LogP contribution >= 0.6 is 0 Å². The molecule has 0 aliphatic heterocycles. The lowest BCUT2D eigenvalue weighted by molar-refractivity contribution is -0.124. The van der Waals surface area contributed by atoms with Gasteiger partial charge in [-0.15, -0.1) is 0 Å². The molecule has 0 atom stereocenters. The van der Waals surface area contributed by atoms with Crippen LogP contribution in [0.3, 0.4) is 0 Å². The van der Waals surface area contributed by atoms with E-state index < -0.39 is 5.97 Å². The molecule has 0 bridgehead atoms. The van der Waals surface area contributed by atoms with Crippen LogP contribution in [0.2, 0.25) is 0 Å². The summed E-state index contributed by atoms with van der Waals surface area (Å²) in [6, 6.07) is 26.7. The second-order valence-corrected chi connectivity index (χ2v) is 7.07. The highest BCUT2D eigenvalue weighted by molar-refractivity contribution is 6.04. The number of aryl methyl sites for hydroxylation is 1. The van der Waals surface area contributed by atoms with Crippen molar-refractivity contribution in [1.82, 2.24) is 9.88 Å². The summed E-state index contributed by atoms with van der Waals surface area (Å²) < 4.78 is 7.19. The molecule has 5 heteroatoms. The quantitative estimate of drug-likeness (QED) is 0.494. The van der Waals surface area contributed by atoms with Crippen LogP contribution in [0.25, 0.3) is 10.9 Å². The second-order valence-electron chi connectivity index (χ2n) is 7.07. The first kappa shape index (κ1) is 19.5. The Labute approximate surface area is 174 Å². The van der Waals surface area contributed by atoms with Crippen molar-refractivity contribution in [3.8, 4) is 0 Å². The van der Waals surface area contributed by atoms with Crippen LogP contribution < -0.4 is 5.32 Å². The Balaban J connectivity index is 1.47. The third-order valence-corrected chi connectivity index (χ3v) is 5.02. The molecule has 1 amide bonds. The van der Waals surface area contributed by atoms with Crippen molar-refractivity contribution in [2.45, 2.75) is 6.04 Å². The topological polar surface area (TPSA) is 60.3 Å². The standard InChI is InChI=1S/C25H22N2O3/c1-27-16-21(20-14-8-9-15-22(20)27)25(29)30-17-23(28)26-24(18-10-4-2-5-11-18)19-12-6-3-7-13-19/h2-16,24H,17H2,1H3,(H,26,28). The average molecular weight is 398 g/mol. The van der Waals surface area contributed by atoms with Crippen molar-refractivity contribution in [3.63, 3.8) is 0 Å². The molecule has 1 heterocycles. The van der Waals surface area contributed by atoms with Crippen LogP contribution in [0.4, 0.5) is 0 Å². The van der Waals surface area contributed by atoms with E-state index in [2.05, 4.69) is 5.32 Å². The minimum atomic E-state index is -0.516. The fraction of sp³-hybridized carbons (Fsp3) is 0.120. The molecule has 0 saturated carbocycles. The van der Waals surface area contributed by atoms with E-state index in [0.717, 1.165) is 22.0 Å². The number of esters is 1. The number of rotatable bonds is 6. The number of amides is 1. The molecule has 0 aliphatic rings. The van der Waals surface area contributed by atoms with Crippen LogP contribution in [0, 0.1) is 0 Å². The van der Waals surface area contributed by atoms with E-state index in [0.29, 0.717) is 5.56 Å². The first-order chi connectivity index (χ1) is 14.6. The maximum Gasteiger partial charge on any atom is 0.340 e. The molecule has 0 fully saturated rings. The minimum Gasteiger partial charge on any atom is -0.452 e. The SMILES string of the molecule is Cn1cc(C(=O)OCC(=O)NC(c2ccccc2)c2ccccc2)c2ccccc21. The van der Waals surface area contributed by atoms with Gasteiger partial charge in [-0.25, -0.2) is 4.79 Å². The normalized spacial score (nSPS) is 10.9. The molecule has 4 aromatic rings. The number of hydrogen-bond donors (Lipinski definition) is 1. The predicted molar refractivity (Wildman–Crippen MR) is 116 cm³/mol. The summed E-state index contributed by atoms with van der Waals surface area (Å²) in [5.74, 6) is -0.876. The van der Waals surface area contributed by atoms with E-state index in [4.69, 9.17) is 4.74 Å². The number of benzene rings is 3. The summed E-state index contributed by atoms with van der Waals surface area (Å²) in [7, 11) is 1.87. The molecule has 1 N–H and O–H groups in total. The van der Waals surface area contributed by atoms with Crippen LogP contribution in [0.5, 0.6) is 0 Å². The van der Waals surface area contributed by atoms with Crippen LogP contribution in [-0.4, -0.2) is 23.1 Å². The fourth-order valence-electron chi connectivity index (χ4n) is 3.57. The molecule has 30 heavy (non-hydrogen) atoms. The highest BCUT2D eigenvalue weighted by Crippen LogP contribution is 2.22. The Morgan fingerprint density at radius 2 is 1.43 bits per heavy atom. The molecule has 4 rings (SSSR count). The summed E-state index contributed by atoms with van der Waals surface area (Å²) in [4.78, 5) is 25.2. The Morgan fingerprint density at radius 1 is 0.867 bits per heavy atom. The number of carbonyl (C=O) groups excluding carboxylic acids is 2. The highest BCUT2D eigenvalue weighted by Gasteiger charge is 2.19. The van der Waals surface area contributed by atoms with Crippen molar-refractivity contribution in [1.29, 1.82) is 0 Å². The van der Waals surface area contributed by atoms with Gasteiger partial charge in [0.25, 0.3) is 5.91 Å². The maximum absolute atomic E-state index is 12.6. The maximum atomic E-state index is 12.6. The molecule has 0 radical (unpaired) electrons. The number of ether oxygens (including phenoxy) is 1. The first-order valence-corrected chi connectivity index (χ1v) is 9.74. The molecule has 1 aromatic heterocycles. The monoisotopic (exact) mass is 398 g/mol. The number of nitrogens with zero attached hydrogens (tertiary/aromatic N) is 1. The van der Waals surface area contributed by atoms with Gasteiger partial charge in [-0.3, -0.25) is 4.79 Å². The molecular formula is C25H22N2O3. The molecule has 0 aliphatic carbocycles. The van der Waals surface area contributed by atoms with E-state index in [9.17, 15) is 9.59 Å². The number of fused-ring (bicyclic) bond motifs is 1. The number of nitrogens with one attached hydrogen (secondary N) is 1. The van der Waals surface area contributed by atoms with Crippen molar-refractivity contribution >= 4 is 22.8 Å². The zero-order valence-corrected chi connectivity index (χ0v) is 16.6. The van der Waals surface area contributed by atoms with Gasteiger partial charge in [-0.2, -0.15) is 0 Å². The minimum absolute atomic E-state index is 0.323. The van der Waals surface area contributed by atoms with E-state index in [1.54, 1.807) is 6.20 Å². The van der Waals surface area contributed by atoms with Gasteiger partial charge in [0.2, 0.25) is 0 Å². The Morgan fingerprint density at radius 3 is 2.07 bits per heavy atom. The molecule has 0 unspecified atom stereocenters. The summed E-state index contributed by atoms with van der Waals surface area (Å²) in [5.41, 5.74) is 3.29. The van der Waals surface area contributed by atoms with Gasteiger partial charge in [0.1, 0.15) is 0 Å². The van der Waals surface area contributed by atoms with E-state index in [1.807, 2.05) is 96.5 Å². The van der Waals surface area contributed by atoms with Gasteiger partial charge in [0.15, 0.2) is 6.61 Å². The van der Waals surface area contributed by atoms with Gasteiger partial charge in [-0.1, -0.05) is 78.9 Å². The Bertz CT molecular complexity index is 1130. The molecule has 3 aromatic carbocycles. The summed E-state index contributed by atoms with van der Waals surface area (Å²) >= 11 is 0. The smallest absolute Gasteiger partial charge is 0.340 e. The largest absolute Gasteiger partial charge is 0.452 e. The molecule has 150 valence electrons. The van der Waals surface area contributed by atoms with E-state index in [1.165, 1.54) is 0 Å². The summed E-state index contributed by atoms with van der Waals surface area (Å²) in [6.45, 7) is -0.349. The zero-order valence-electron chi connectivity index (χ0n) is 16.6. The van der Waals surface area contributed by atoms with Crippen molar-refractivity contribution < 1.29 is 14.3 Å². The predicted octanol–water partition coefficient (Wildman–Crippen LogP) is 4.24. The second kappa shape index (κ2) is 8.66. The number of hydrogen-bond acceptors (Lipinski definition) is 3. The van der Waals surface area contributed by atoms with Gasteiger partial charge in [-0.05, 0) is 17.2 Å². The molecule has 0 spiro atoms. The third-order valence-electron chi connectivity index (χ3n) is 5.02. The zero-order chi connectivity index (χ0) is 20.9. The van der Waals surface area contributed by atoms with Crippen LogP contribution in [0.15, 0.2) is 91.1 Å². The van der Waals surface area contributed by atoms with Crippen molar-refractivity contribution in [3.05, 3.63) is 108 Å². The van der Waals surface area contributed by atoms with Crippen molar-refractivity contribution in [2.75, 3.05) is 6.61 Å². The lowest BCUT2D eigenvalue weighted by Gasteiger charge is -2.19. The van der Waals surface area contributed by atoms with Crippen LogP contribution in [-0.2, 0) is 16.6 Å². The van der Waals surface area contributed by atoms with Crippen LogP contribution in [0.1, 0.15) is 27.5 Å². The lowest BCUT2D eigenvalue weighted by atomic mass is 9.99. The summed E-state index contributed by atoms with van der Waals surface area (Å²) in [6.07, 6.45) is 1.72. The van der Waals surface area contributed by atoms with Gasteiger partial charge < -0.3 is 14.6 Å². The fourth-order valence-corrected chi connectivity index (χ4v) is 3.57. The van der Waals surface area contributed by atoms with E-state index >= 15 is 0 Å². The summed E-state index contributed by atoms with van der Waals surface area (Å²) in [5, 5.41) is 3.78. The average Bonchev–Trinajstić information content (AvgIpc) is 3.14. The molecule has 0 saturated heterocycles. The highest BCUT2D eigenvalue weighted by atomic mass is 16.5. The Kier molecular flexibility index (Phi) is 5.61. The number of aromatic nitrogens is 1. The number of para-hydroxylation sites is 1. The van der Waals surface area contributed by atoms with Crippen molar-refractivity contribution in [2.24, 2.45) is 7.05 Å². The third kappa shape index (κ3) is 4.10. The van der Waals surface area contributed by atoms with Gasteiger partial charge in [0, 0.05) is 24.1 Å². The molecule has 5 nitrogen and oxygen atoms in total. The van der Waals surface area contributed by atoms with Gasteiger partial charge in [0.05, 0.1) is 11.6 Å². The Hall–Kier alpha value is -3.86. The molecular weight excluding hydrogens is 376 g/mol. The first-order valence-electron chi connectivity index (χ1n) is 9.74. The lowest BCUT2D eigenvalue weighted by Crippen LogP contribution is -2.33. The van der Waals surface area contributed by atoms with Gasteiger partial charge >= 0.3 is 5.97 Å². The number of carbonyl (C=O) groups is 2. The van der Waals surface area contributed by atoms with E-state index in [-0.39, 0.29) is 18.6 Å².